The van der Waals surface area contributed by atoms with Crippen molar-refractivity contribution in [3.05, 3.63) is 0 Å². The van der Waals surface area contributed by atoms with Gasteiger partial charge in [0, 0.05) is 19.6 Å². The predicted octanol–water partition coefficient (Wildman–Crippen LogP) is 1.39. The van der Waals surface area contributed by atoms with Gasteiger partial charge in [-0.1, -0.05) is 6.92 Å². The molecule has 0 saturated carbocycles. The van der Waals surface area contributed by atoms with Crippen molar-refractivity contribution in [2.75, 3.05) is 19.6 Å². The molecule has 0 radical (unpaired) electrons. The SMILES string of the molecule is CC1CCCN(C(=O)N2CCC[C@H]2C(=O)O)C1. The highest BCUT2D eigenvalue weighted by Gasteiger charge is 2.36. The second-order valence-electron chi connectivity index (χ2n) is 5.17. The third kappa shape index (κ3) is 2.53. The Kier molecular flexibility index (Phi) is 3.54. The number of amides is 2. The average Bonchev–Trinajstić information content (AvgIpc) is 2.77. The number of nitrogens with zero attached hydrogens (tertiary/aromatic N) is 2. The van der Waals surface area contributed by atoms with Gasteiger partial charge >= 0.3 is 12.0 Å². The number of likely N-dealkylation sites (tertiary alicyclic amines) is 2. The van der Waals surface area contributed by atoms with Crippen LogP contribution in [0.5, 0.6) is 0 Å². The van der Waals surface area contributed by atoms with E-state index in [1.165, 1.54) is 4.90 Å². The first-order chi connectivity index (χ1) is 8.09. The summed E-state index contributed by atoms with van der Waals surface area (Å²) in [6.07, 6.45) is 3.57. The second-order valence-corrected chi connectivity index (χ2v) is 5.17. The zero-order valence-electron chi connectivity index (χ0n) is 10.3. The zero-order valence-corrected chi connectivity index (χ0v) is 10.3. The molecule has 0 aromatic rings. The van der Waals surface area contributed by atoms with E-state index in [2.05, 4.69) is 6.92 Å². The Balaban J connectivity index is 2.01. The molecule has 0 bridgehead atoms. The van der Waals surface area contributed by atoms with E-state index < -0.39 is 12.0 Å². The van der Waals surface area contributed by atoms with E-state index in [-0.39, 0.29) is 6.03 Å². The lowest BCUT2D eigenvalue weighted by Gasteiger charge is -2.35. The Morgan fingerprint density at radius 2 is 1.88 bits per heavy atom. The molecule has 5 heteroatoms. The summed E-state index contributed by atoms with van der Waals surface area (Å²) in [6.45, 7) is 4.26. The number of piperidine rings is 1. The highest BCUT2D eigenvalue weighted by molar-refractivity contribution is 5.83. The fourth-order valence-electron chi connectivity index (χ4n) is 2.80. The van der Waals surface area contributed by atoms with Gasteiger partial charge in [-0.05, 0) is 31.6 Å². The molecule has 2 aliphatic rings. The van der Waals surface area contributed by atoms with Gasteiger partial charge in [-0.3, -0.25) is 0 Å². The van der Waals surface area contributed by atoms with Crippen LogP contribution in [-0.2, 0) is 4.79 Å². The quantitative estimate of drug-likeness (QED) is 0.753. The molecular formula is C12H20N2O3. The van der Waals surface area contributed by atoms with Crippen molar-refractivity contribution in [1.82, 2.24) is 9.80 Å². The number of rotatable bonds is 1. The summed E-state index contributed by atoms with van der Waals surface area (Å²) in [5.41, 5.74) is 0. The number of hydrogen-bond donors (Lipinski definition) is 1. The smallest absolute Gasteiger partial charge is 0.326 e. The monoisotopic (exact) mass is 240 g/mol. The van der Waals surface area contributed by atoms with Crippen molar-refractivity contribution in [3.63, 3.8) is 0 Å². The predicted molar refractivity (Wildman–Crippen MR) is 62.7 cm³/mol. The van der Waals surface area contributed by atoms with Gasteiger partial charge in [0.2, 0.25) is 0 Å². The van der Waals surface area contributed by atoms with E-state index in [1.807, 2.05) is 4.90 Å². The fourth-order valence-corrected chi connectivity index (χ4v) is 2.80. The molecule has 2 atom stereocenters. The minimum atomic E-state index is -0.874. The molecule has 1 unspecified atom stereocenters. The molecule has 0 aliphatic carbocycles. The molecular weight excluding hydrogens is 220 g/mol. The molecule has 0 aromatic heterocycles. The van der Waals surface area contributed by atoms with Crippen LogP contribution in [0.15, 0.2) is 0 Å². The van der Waals surface area contributed by atoms with Crippen LogP contribution >= 0.6 is 0 Å². The number of carbonyl (C=O) groups is 2. The van der Waals surface area contributed by atoms with Gasteiger partial charge in [0.1, 0.15) is 6.04 Å². The van der Waals surface area contributed by atoms with Gasteiger partial charge in [0.05, 0.1) is 0 Å². The first-order valence-corrected chi connectivity index (χ1v) is 6.38. The van der Waals surface area contributed by atoms with Gasteiger partial charge in [0.25, 0.3) is 0 Å². The molecule has 1 N–H and O–H groups in total. The Bertz CT molecular complexity index is 319. The Hall–Kier alpha value is -1.26. The van der Waals surface area contributed by atoms with Crippen molar-refractivity contribution >= 4 is 12.0 Å². The normalized spacial score (nSPS) is 29.5. The summed E-state index contributed by atoms with van der Waals surface area (Å²) < 4.78 is 0. The molecule has 2 rings (SSSR count). The Labute approximate surface area is 101 Å². The Morgan fingerprint density at radius 1 is 1.18 bits per heavy atom. The first kappa shape index (κ1) is 12.2. The number of carbonyl (C=O) groups excluding carboxylic acids is 1. The molecule has 2 aliphatic heterocycles. The van der Waals surface area contributed by atoms with E-state index in [1.54, 1.807) is 0 Å². The molecule has 5 nitrogen and oxygen atoms in total. The minimum absolute atomic E-state index is 0.0820. The van der Waals surface area contributed by atoms with Gasteiger partial charge in [-0.25, -0.2) is 9.59 Å². The molecule has 96 valence electrons. The topological polar surface area (TPSA) is 60.9 Å². The second kappa shape index (κ2) is 4.94. The van der Waals surface area contributed by atoms with E-state index in [9.17, 15) is 9.59 Å². The molecule has 17 heavy (non-hydrogen) atoms. The molecule has 2 amide bonds. The number of hydrogen-bond acceptors (Lipinski definition) is 2. The summed E-state index contributed by atoms with van der Waals surface area (Å²) >= 11 is 0. The van der Waals surface area contributed by atoms with Crippen LogP contribution in [0.2, 0.25) is 0 Å². The third-order valence-corrected chi connectivity index (χ3v) is 3.71. The maximum absolute atomic E-state index is 12.2. The third-order valence-electron chi connectivity index (χ3n) is 3.71. The van der Waals surface area contributed by atoms with E-state index in [4.69, 9.17) is 5.11 Å². The lowest BCUT2D eigenvalue weighted by Crippen LogP contribution is -2.50. The van der Waals surface area contributed by atoms with Crippen molar-refractivity contribution in [2.45, 2.75) is 38.6 Å². The minimum Gasteiger partial charge on any atom is -0.480 e. The van der Waals surface area contributed by atoms with Gasteiger partial charge in [-0.15, -0.1) is 0 Å². The van der Waals surface area contributed by atoms with Crippen molar-refractivity contribution in [2.24, 2.45) is 5.92 Å². The number of urea groups is 1. The summed E-state index contributed by atoms with van der Waals surface area (Å²) in [7, 11) is 0. The standard InChI is InChI=1S/C12H20N2O3/c1-9-4-2-6-13(8-9)12(17)14-7-3-5-10(14)11(15)16/h9-10H,2-8H2,1H3,(H,15,16)/t9?,10-/m0/s1. The van der Waals surface area contributed by atoms with E-state index in [0.29, 0.717) is 18.9 Å². The molecule has 0 spiro atoms. The van der Waals surface area contributed by atoms with E-state index >= 15 is 0 Å². The van der Waals surface area contributed by atoms with Gasteiger partial charge in [0.15, 0.2) is 0 Å². The number of aliphatic carboxylic acids is 1. The van der Waals surface area contributed by atoms with Gasteiger partial charge in [-0.2, -0.15) is 0 Å². The number of carboxylic acid groups (broad SMARTS) is 1. The van der Waals surface area contributed by atoms with Crippen molar-refractivity contribution in [3.8, 4) is 0 Å². The van der Waals surface area contributed by atoms with Crippen LogP contribution in [0.3, 0.4) is 0 Å². The highest BCUT2D eigenvalue weighted by Crippen LogP contribution is 2.22. The van der Waals surface area contributed by atoms with Crippen LogP contribution in [-0.4, -0.2) is 52.6 Å². The van der Waals surface area contributed by atoms with Gasteiger partial charge < -0.3 is 14.9 Å². The summed E-state index contributed by atoms with van der Waals surface area (Å²) in [5, 5.41) is 9.07. The number of carboxylic acids is 1. The Morgan fingerprint density at radius 3 is 2.53 bits per heavy atom. The highest BCUT2D eigenvalue weighted by atomic mass is 16.4. The summed E-state index contributed by atoms with van der Waals surface area (Å²) in [4.78, 5) is 26.6. The van der Waals surface area contributed by atoms with Crippen molar-refractivity contribution in [1.29, 1.82) is 0 Å². The molecule has 2 heterocycles. The zero-order chi connectivity index (χ0) is 12.4. The molecule has 2 fully saturated rings. The van der Waals surface area contributed by atoms with E-state index in [0.717, 1.165) is 32.4 Å². The lowest BCUT2D eigenvalue weighted by atomic mass is 10.0. The largest absolute Gasteiger partial charge is 0.480 e. The fraction of sp³-hybridized carbons (Fsp3) is 0.833. The van der Waals surface area contributed by atoms with Crippen LogP contribution in [0.4, 0.5) is 4.79 Å². The molecule has 0 aromatic carbocycles. The maximum atomic E-state index is 12.2. The molecule has 2 saturated heterocycles. The van der Waals surface area contributed by atoms with Crippen LogP contribution in [0.1, 0.15) is 32.6 Å². The lowest BCUT2D eigenvalue weighted by molar-refractivity contribution is -0.141. The van der Waals surface area contributed by atoms with Crippen LogP contribution < -0.4 is 0 Å². The summed E-state index contributed by atoms with van der Waals surface area (Å²) in [6, 6.07) is -0.693. The first-order valence-electron chi connectivity index (χ1n) is 6.38. The van der Waals surface area contributed by atoms with Crippen LogP contribution in [0, 0.1) is 5.92 Å². The average molecular weight is 240 g/mol. The van der Waals surface area contributed by atoms with Crippen LogP contribution in [0.25, 0.3) is 0 Å². The van der Waals surface area contributed by atoms with Crippen molar-refractivity contribution < 1.29 is 14.7 Å². The maximum Gasteiger partial charge on any atom is 0.326 e. The summed E-state index contributed by atoms with van der Waals surface area (Å²) in [5.74, 6) is -0.348.